The zero-order valence-electron chi connectivity index (χ0n) is 12.5. The molecule has 0 saturated carbocycles. The van der Waals surface area contributed by atoms with E-state index in [0.29, 0.717) is 11.3 Å². The maximum Gasteiger partial charge on any atom is 0.221 e. The molecule has 0 saturated heterocycles. The standard InChI is InChI=1S/C17H17NO3S/c1-12(19)18-14-4-3-5-16(10-14)22-11-17(20)13-6-8-15(21-2)9-7-13/h3-10H,11H2,1-2H3,(H,18,19). The van der Waals surface area contributed by atoms with Gasteiger partial charge in [-0.3, -0.25) is 9.59 Å². The number of ether oxygens (including phenoxy) is 1. The van der Waals surface area contributed by atoms with E-state index in [9.17, 15) is 9.59 Å². The number of carbonyl (C=O) groups excluding carboxylic acids is 2. The van der Waals surface area contributed by atoms with Crippen LogP contribution < -0.4 is 10.1 Å². The summed E-state index contributed by atoms with van der Waals surface area (Å²) in [6.45, 7) is 1.47. The van der Waals surface area contributed by atoms with Gasteiger partial charge in [-0.05, 0) is 42.5 Å². The molecule has 0 aromatic heterocycles. The van der Waals surface area contributed by atoms with Crippen molar-refractivity contribution in [3.05, 3.63) is 54.1 Å². The molecule has 0 spiro atoms. The number of carbonyl (C=O) groups is 2. The summed E-state index contributed by atoms with van der Waals surface area (Å²) in [6.07, 6.45) is 0. The molecule has 0 fully saturated rings. The Morgan fingerprint density at radius 3 is 2.50 bits per heavy atom. The van der Waals surface area contributed by atoms with Crippen LogP contribution in [0, 0.1) is 0 Å². The van der Waals surface area contributed by atoms with Crippen molar-refractivity contribution in [1.82, 2.24) is 0 Å². The Hall–Kier alpha value is -2.27. The minimum Gasteiger partial charge on any atom is -0.497 e. The molecule has 0 aliphatic carbocycles. The zero-order valence-corrected chi connectivity index (χ0v) is 13.3. The number of rotatable bonds is 6. The van der Waals surface area contributed by atoms with E-state index >= 15 is 0 Å². The molecule has 0 bridgehead atoms. The number of thioether (sulfide) groups is 1. The molecule has 1 N–H and O–H groups in total. The number of amides is 1. The molecular weight excluding hydrogens is 298 g/mol. The number of anilines is 1. The fourth-order valence-electron chi connectivity index (χ4n) is 1.88. The van der Waals surface area contributed by atoms with Gasteiger partial charge in [-0.1, -0.05) is 6.07 Å². The Labute approximate surface area is 133 Å². The normalized spacial score (nSPS) is 10.1. The van der Waals surface area contributed by atoms with Crippen LogP contribution in [0.1, 0.15) is 17.3 Å². The first kappa shape index (κ1) is 16.1. The lowest BCUT2D eigenvalue weighted by Crippen LogP contribution is -2.05. The average molecular weight is 315 g/mol. The fraction of sp³-hybridized carbons (Fsp3) is 0.176. The van der Waals surface area contributed by atoms with Crippen LogP contribution in [-0.4, -0.2) is 24.6 Å². The van der Waals surface area contributed by atoms with Gasteiger partial charge in [0.25, 0.3) is 0 Å². The van der Waals surface area contributed by atoms with Crippen LogP contribution in [0.3, 0.4) is 0 Å². The van der Waals surface area contributed by atoms with Gasteiger partial charge in [0.15, 0.2) is 5.78 Å². The number of nitrogens with one attached hydrogen (secondary N) is 1. The van der Waals surface area contributed by atoms with Gasteiger partial charge >= 0.3 is 0 Å². The van der Waals surface area contributed by atoms with E-state index < -0.39 is 0 Å². The van der Waals surface area contributed by atoms with Crippen molar-refractivity contribution in [3.63, 3.8) is 0 Å². The van der Waals surface area contributed by atoms with Crippen molar-refractivity contribution in [1.29, 1.82) is 0 Å². The van der Waals surface area contributed by atoms with Gasteiger partial charge in [0, 0.05) is 23.1 Å². The maximum atomic E-state index is 12.1. The summed E-state index contributed by atoms with van der Waals surface area (Å²) >= 11 is 1.44. The van der Waals surface area contributed by atoms with Crippen LogP contribution in [0.25, 0.3) is 0 Å². The van der Waals surface area contributed by atoms with Crippen LogP contribution in [0.2, 0.25) is 0 Å². The second-order valence-corrected chi connectivity index (χ2v) is 5.70. The van der Waals surface area contributed by atoms with Crippen LogP contribution in [0.4, 0.5) is 5.69 Å². The summed E-state index contributed by atoms with van der Waals surface area (Å²) in [5.74, 6) is 1.01. The van der Waals surface area contributed by atoms with Crippen molar-refractivity contribution in [2.45, 2.75) is 11.8 Å². The number of hydrogen-bond donors (Lipinski definition) is 1. The van der Waals surface area contributed by atoms with E-state index in [0.717, 1.165) is 16.3 Å². The fourth-order valence-corrected chi connectivity index (χ4v) is 2.73. The summed E-state index contributed by atoms with van der Waals surface area (Å²) in [6, 6.07) is 14.5. The van der Waals surface area contributed by atoms with Gasteiger partial charge in [0.2, 0.25) is 5.91 Å². The maximum absolute atomic E-state index is 12.1. The quantitative estimate of drug-likeness (QED) is 0.653. The van der Waals surface area contributed by atoms with Gasteiger partial charge in [0.1, 0.15) is 5.75 Å². The molecule has 0 aliphatic heterocycles. The monoisotopic (exact) mass is 315 g/mol. The Kier molecular flexibility index (Phi) is 5.61. The lowest BCUT2D eigenvalue weighted by molar-refractivity contribution is -0.114. The first-order valence-corrected chi connectivity index (χ1v) is 7.75. The first-order chi connectivity index (χ1) is 10.6. The number of ketones is 1. The molecule has 0 atom stereocenters. The highest BCUT2D eigenvalue weighted by atomic mass is 32.2. The lowest BCUT2D eigenvalue weighted by atomic mass is 10.1. The highest BCUT2D eigenvalue weighted by Gasteiger charge is 2.07. The largest absolute Gasteiger partial charge is 0.497 e. The predicted octanol–water partition coefficient (Wildman–Crippen LogP) is 3.63. The molecule has 0 heterocycles. The van der Waals surface area contributed by atoms with E-state index in [1.54, 1.807) is 31.4 Å². The third-order valence-electron chi connectivity index (χ3n) is 2.94. The van der Waals surface area contributed by atoms with Gasteiger partial charge in [0.05, 0.1) is 12.9 Å². The van der Waals surface area contributed by atoms with E-state index in [1.165, 1.54) is 18.7 Å². The van der Waals surface area contributed by atoms with Crippen molar-refractivity contribution >= 4 is 29.1 Å². The van der Waals surface area contributed by atoms with Gasteiger partial charge in [-0.2, -0.15) is 0 Å². The lowest BCUT2D eigenvalue weighted by Gasteiger charge is -2.06. The molecule has 0 aliphatic rings. The van der Waals surface area contributed by atoms with E-state index in [1.807, 2.05) is 24.3 Å². The van der Waals surface area contributed by atoms with Crippen molar-refractivity contribution < 1.29 is 14.3 Å². The molecule has 0 unspecified atom stereocenters. The third-order valence-corrected chi connectivity index (χ3v) is 3.93. The van der Waals surface area contributed by atoms with Crippen LogP contribution in [-0.2, 0) is 4.79 Å². The van der Waals surface area contributed by atoms with Crippen molar-refractivity contribution in [2.75, 3.05) is 18.2 Å². The first-order valence-electron chi connectivity index (χ1n) is 6.76. The summed E-state index contributed by atoms with van der Waals surface area (Å²) in [7, 11) is 1.59. The molecule has 2 rings (SSSR count). The number of Topliss-reactive ketones (excluding diaryl/α,β-unsaturated/α-hetero) is 1. The highest BCUT2D eigenvalue weighted by molar-refractivity contribution is 8.00. The second-order valence-electron chi connectivity index (χ2n) is 4.65. The molecule has 114 valence electrons. The Morgan fingerprint density at radius 2 is 1.86 bits per heavy atom. The predicted molar refractivity (Wildman–Crippen MR) is 88.8 cm³/mol. The smallest absolute Gasteiger partial charge is 0.221 e. The summed E-state index contributed by atoms with van der Waals surface area (Å²) < 4.78 is 5.07. The Morgan fingerprint density at radius 1 is 1.14 bits per heavy atom. The van der Waals surface area contributed by atoms with Crippen LogP contribution in [0.5, 0.6) is 5.75 Å². The number of hydrogen-bond acceptors (Lipinski definition) is 4. The van der Waals surface area contributed by atoms with Gasteiger partial charge in [-0.25, -0.2) is 0 Å². The highest BCUT2D eigenvalue weighted by Crippen LogP contribution is 2.23. The average Bonchev–Trinajstić information content (AvgIpc) is 2.52. The minimum absolute atomic E-state index is 0.0533. The summed E-state index contributed by atoms with van der Waals surface area (Å²) in [5.41, 5.74) is 1.39. The molecule has 22 heavy (non-hydrogen) atoms. The van der Waals surface area contributed by atoms with Gasteiger partial charge in [-0.15, -0.1) is 11.8 Å². The number of benzene rings is 2. The van der Waals surface area contributed by atoms with Crippen molar-refractivity contribution in [2.24, 2.45) is 0 Å². The van der Waals surface area contributed by atoms with Crippen molar-refractivity contribution in [3.8, 4) is 5.75 Å². The van der Waals surface area contributed by atoms with Gasteiger partial charge < -0.3 is 10.1 Å². The van der Waals surface area contributed by atoms with E-state index in [4.69, 9.17) is 4.74 Å². The molecule has 0 radical (unpaired) electrons. The SMILES string of the molecule is COc1ccc(C(=O)CSc2cccc(NC(C)=O)c2)cc1. The van der Waals surface area contributed by atoms with Crippen LogP contribution >= 0.6 is 11.8 Å². The van der Waals surface area contributed by atoms with E-state index in [-0.39, 0.29) is 11.7 Å². The molecular formula is C17H17NO3S. The third kappa shape index (κ3) is 4.63. The Balaban J connectivity index is 1.96. The summed E-state index contributed by atoms with van der Waals surface area (Å²) in [4.78, 5) is 24.1. The van der Waals surface area contributed by atoms with E-state index in [2.05, 4.69) is 5.32 Å². The molecule has 1 amide bonds. The zero-order chi connectivity index (χ0) is 15.9. The molecule has 4 nitrogen and oxygen atoms in total. The molecule has 2 aromatic rings. The van der Waals surface area contributed by atoms with Crippen LogP contribution in [0.15, 0.2) is 53.4 Å². The molecule has 5 heteroatoms. The molecule has 2 aromatic carbocycles. The minimum atomic E-state index is -0.114. The Bertz CT molecular complexity index is 668. The summed E-state index contributed by atoms with van der Waals surface area (Å²) in [5, 5.41) is 2.73. The second kappa shape index (κ2) is 7.66. The topological polar surface area (TPSA) is 55.4 Å². The number of methoxy groups -OCH3 is 1.